The van der Waals surface area contributed by atoms with E-state index >= 15 is 0 Å². The van der Waals surface area contributed by atoms with Crippen LogP contribution in [0.25, 0.3) is 0 Å². The molecule has 1 N–H and O–H groups in total. The maximum atomic E-state index is 12.1. The average Bonchev–Trinajstić information content (AvgIpc) is 2.65. The van der Waals surface area contributed by atoms with Crippen LogP contribution in [0.3, 0.4) is 0 Å². The molecule has 2 aromatic rings. The number of amides is 1. The van der Waals surface area contributed by atoms with Crippen molar-refractivity contribution in [1.82, 2.24) is 0 Å². The SMILES string of the molecule is COc1cc(/C=N/OCC(=O)Nc2ccc(OC(F)(F)F)cc2)cc(Cl)c1OC. The number of halogens is 4. The maximum absolute atomic E-state index is 12.1. The molecule has 0 aliphatic carbocycles. The van der Waals surface area contributed by atoms with Crippen LogP contribution in [0.1, 0.15) is 5.56 Å². The second-order valence-corrected chi connectivity index (χ2v) is 5.77. The molecular formula is C18H16ClF3N2O5. The molecule has 0 fully saturated rings. The molecule has 7 nitrogen and oxygen atoms in total. The standard InChI is InChI=1S/C18H16ClF3N2O5/c1-26-15-8-11(7-14(19)17(15)27-2)9-23-28-10-16(25)24-12-3-5-13(6-4-12)29-18(20,21)22/h3-9H,10H2,1-2H3,(H,24,25)/b23-9+. The summed E-state index contributed by atoms with van der Waals surface area (Å²) in [5.74, 6) is -0.183. The van der Waals surface area contributed by atoms with E-state index in [0.717, 1.165) is 12.1 Å². The van der Waals surface area contributed by atoms with Crippen LogP contribution in [0, 0.1) is 0 Å². The number of nitrogens with one attached hydrogen (secondary N) is 1. The second kappa shape index (κ2) is 9.87. The molecule has 11 heteroatoms. The minimum absolute atomic E-state index is 0.267. The van der Waals surface area contributed by atoms with Crippen LogP contribution in [0.4, 0.5) is 18.9 Å². The van der Waals surface area contributed by atoms with Crippen molar-refractivity contribution >= 4 is 29.4 Å². The summed E-state index contributed by atoms with van der Waals surface area (Å²) < 4.78 is 50.3. The highest BCUT2D eigenvalue weighted by Gasteiger charge is 2.30. The Hall–Kier alpha value is -3.14. The van der Waals surface area contributed by atoms with Crippen LogP contribution in [-0.2, 0) is 9.63 Å². The number of oxime groups is 1. The fourth-order valence-electron chi connectivity index (χ4n) is 2.14. The van der Waals surface area contributed by atoms with Gasteiger partial charge in [-0.25, -0.2) is 0 Å². The summed E-state index contributed by atoms with van der Waals surface area (Å²) in [6.07, 6.45) is -3.46. The smallest absolute Gasteiger partial charge is 0.493 e. The number of methoxy groups -OCH3 is 2. The van der Waals surface area contributed by atoms with Gasteiger partial charge in [0.15, 0.2) is 18.1 Å². The zero-order valence-electron chi connectivity index (χ0n) is 15.2. The van der Waals surface area contributed by atoms with Gasteiger partial charge in [-0.15, -0.1) is 13.2 Å². The molecule has 0 saturated carbocycles. The number of hydrogen-bond acceptors (Lipinski definition) is 6. The van der Waals surface area contributed by atoms with Crippen LogP contribution in [0.5, 0.6) is 17.2 Å². The number of rotatable bonds is 8. The number of nitrogens with zero attached hydrogens (tertiary/aromatic N) is 1. The Kier molecular flexibility index (Phi) is 7.54. The predicted octanol–water partition coefficient (Wildman–Crippen LogP) is 4.25. The Labute approximate surface area is 168 Å². The van der Waals surface area contributed by atoms with E-state index in [1.807, 2.05) is 0 Å². The van der Waals surface area contributed by atoms with Gasteiger partial charge in [0.25, 0.3) is 5.91 Å². The summed E-state index contributed by atoms with van der Waals surface area (Å²) in [6, 6.07) is 7.84. The quantitative estimate of drug-likeness (QED) is 0.498. The van der Waals surface area contributed by atoms with Gasteiger partial charge in [0.2, 0.25) is 0 Å². The van der Waals surface area contributed by atoms with E-state index < -0.39 is 24.6 Å². The van der Waals surface area contributed by atoms with E-state index in [2.05, 4.69) is 15.2 Å². The maximum Gasteiger partial charge on any atom is 0.573 e. The number of hydrogen-bond donors (Lipinski definition) is 1. The van der Waals surface area contributed by atoms with Gasteiger partial charge in [0.1, 0.15) is 5.75 Å². The first-order valence-electron chi connectivity index (χ1n) is 7.94. The lowest BCUT2D eigenvalue weighted by atomic mass is 10.2. The van der Waals surface area contributed by atoms with E-state index in [4.69, 9.17) is 25.9 Å². The van der Waals surface area contributed by atoms with Crippen LogP contribution in [0.15, 0.2) is 41.6 Å². The number of carbonyl (C=O) groups excluding carboxylic acids is 1. The van der Waals surface area contributed by atoms with Crippen molar-refractivity contribution in [3.05, 3.63) is 47.0 Å². The molecule has 0 spiro atoms. The first-order chi connectivity index (χ1) is 13.7. The van der Waals surface area contributed by atoms with Gasteiger partial charge < -0.3 is 24.4 Å². The summed E-state index contributed by atoms with van der Waals surface area (Å²) >= 11 is 6.07. The van der Waals surface area contributed by atoms with Gasteiger partial charge in [0, 0.05) is 11.3 Å². The van der Waals surface area contributed by atoms with Crippen LogP contribution in [0.2, 0.25) is 5.02 Å². The van der Waals surface area contributed by atoms with Crippen molar-refractivity contribution in [3.63, 3.8) is 0 Å². The molecule has 1 amide bonds. The minimum atomic E-state index is -4.78. The highest BCUT2D eigenvalue weighted by Crippen LogP contribution is 2.35. The van der Waals surface area contributed by atoms with Gasteiger partial charge in [-0.2, -0.15) is 0 Å². The molecule has 0 aliphatic rings. The Morgan fingerprint density at radius 2 is 1.86 bits per heavy atom. The Morgan fingerprint density at radius 1 is 1.17 bits per heavy atom. The molecule has 0 aromatic heterocycles. The highest BCUT2D eigenvalue weighted by atomic mass is 35.5. The number of ether oxygens (including phenoxy) is 3. The van der Waals surface area contributed by atoms with Gasteiger partial charge in [-0.3, -0.25) is 4.79 Å². The van der Waals surface area contributed by atoms with Crippen molar-refractivity contribution in [3.8, 4) is 17.2 Å². The van der Waals surface area contributed by atoms with Crippen LogP contribution >= 0.6 is 11.6 Å². The molecule has 0 atom stereocenters. The molecule has 2 rings (SSSR count). The first-order valence-corrected chi connectivity index (χ1v) is 8.32. The number of anilines is 1. The third-order valence-electron chi connectivity index (χ3n) is 3.30. The number of alkyl halides is 3. The molecule has 0 saturated heterocycles. The van der Waals surface area contributed by atoms with Crippen LogP contribution in [-0.4, -0.2) is 39.3 Å². The van der Waals surface area contributed by atoms with E-state index in [-0.39, 0.29) is 5.69 Å². The molecule has 2 aromatic carbocycles. The fraction of sp³-hybridized carbons (Fsp3) is 0.222. The third-order valence-corrected chi connectivity index (χ3v) is 3.58. The molecule has 156 valence electrons. The number of carbonyl (C=O) groups is 1. The molecule has 0 heterocycles. The Balaban J connectivity index is 1.86. The number of benzene rings is 2. The lowest BCUT2D eigenvalue weighted by Gasteiger charge is -2.10. The average molecular weight is 433 g/mol. The van der Waals surface area contributed by atoms with Gasteiger partial charge >= 0.3 is 6.36 Å². The second-order valence-electron chi connectivity index (χ2n) is 5.37. The highest BCUT2D eigenvalue weighted by molar-refractivity contribution is 6.32. The van der Waals surface area contributed by atoms with E-state index in [9.17, 15) is 18.0 Å². The zero-order chi connectivity index (χ0) is 21.4. The molecule has 29 heavy (non-hydrogen) atoms. The lowest BCUT2D eigenvalue weighted by Crippen LogP contribution is -2.18. The minimum Gasteiger partial charge on any atom is -0.493 e. The largest absolute Gasteiger partial charge is 0.573 e. The summed E-state index contributed by atoms with van der Waals surface area (Å²) in [5, 5.41) is 6.41. The molecule has 0 radical (unpaired) electrons. The van der Waals surface area contributed by atoms with Crippen LogP contribution < -0.4 is 19.5 Å². The van der Waals surface area contributed by atoms with Crippen molar-refractivity contribution in [1.29, 1.82) is 0 Å². The molecule has 0 aliphatic heterocycles. The monoisotopic (exact) mass is 432 g/mol. The molecular weight excluding hydrogens is 417 g/mol. The van der Waals surface area contributed by atoms with Crippen molar-refractivity contribution in [2.75, 3.05) is 26.1 Å². The Morgan fingerprint density at radius 3 is 2.45 bits per heavy atom. The van der Waals surface area contributed by atoms with Crippen molar-refractivity contribution in [2.45, 2.75) is 6.36 Å². The van der Waals surface area contributed by atoms with Gasteiger partial charge in [0.05, 0.1) is 25.5 Å². The summed E-state index contributed by atoms with van der Waals surface area (Å²) in [7, 11) is 2.91. The zero-order valence-corrected chi connectivity index (χ0v) is 16.0. The van der Waals surface area contributed by atoms with E-state index in [1.165, 1.54) is 32.6 Å². The van der Waals surface area contributed by atoms with Gasteiger partial charge in [-0.05, 0) is 36.4 Å². The summed E-state index contributed by atoms with van der Waals surface area (Å²) in [6.45, 7) is -0.418. The normalized spacial score (nSPS) is 11.2. The van der Waals surface area contributed by atoms with E-state index in [0.29, 0.717) is 22.1 Å². The Bertz CT molecular complexity index is 873. The van der Waals surface area contributed by atoms with Crippen molar-refractivity contribution in [2.24, 2.45) is 5.16 Å². The summed E-state index contributed by atoms with van der Waals surface area (Å²) in [4.78, 5) is 16.7. The molecule has 0 unspecified atom stereocenters. The first kappa shape index (κ1) is 22.2. The third kappa shape index (κ3) is 7.07. The predicted molar refractivity (Wildman–Crippen MR) is 99.9 cm³/mol. The topological polar surface area (TPSA) is 78.4 Å². The van der Waals surface area contributed by atoms with Gasteiger partial charge in [-0.1, -0.05) is 16.8 Å². The molecule has 0 bridgehead atoms. The fourth-order valence-corrected chi connectivity index (χ4v) is 2.44. The van der Waals surface area contributed by atoms with E-state index in [1.54, 1.807) is 12.1 Å². The summed E-state index contributed by atoms with van der Waals surface area (Å²) in [5.41, 5.74) is 0.817. The lowest BCUT2D eigenvalue weighted by molar-refractivity contribution is -0.274. The van der Waals surface area contributed by atoms with Crippen molar-refractivity contribution < 1.29 is 37.0 Å².